The SMILES string of the molecule is COc1ccc(Cn2nnc(Cn3ccc(C=C4CN(C(c5ccccc5)(c5ccccc5)c5ccccc5)CCC4=O)n3)n2)cc1. The van der Waals surface area contributed by atoms with Gasteiger partial charge in [0.1, 0.15) is 12.3 Å². The van der Waals surface area contributed by atoms with Crippen LogP contribution in [0.3, 0.4) is 0 Å². The van der Waals surface area contributed by atoms with Gasteiger partial charge in [0, 0.05) is 31.3 Å². The highest BCUT2D eigenvalue weighted by Gasteiger charge is 2.44. The van der Waals surface area contributed by atoms with Crippen LogP contribution in [0, 0.1) is 0 Å². The Balaban J connectivity index is 1.15. The summed E-state index contributed by atoms with van der Waals surface area (Å²) >= 11 is 0. The van der Waals surface area contributed by atoms with Crippen LogP contribution in [0.15, 0.2) is 133 Å². The molecule has 4 aromatic carbocycles. The number of ether oxygens (including phenoxy) is 1. The number of methoxy groups -OCH3 is 1. The topological polar surface area (TPSA) is 91.0 Å². The molecule has 0 N–H and O–H groups in total. The summed E-state index contributed by atoms with van der Waals surface area (Å²) < 4.78 is 7.01. The molecular formula is C38H35N7O2. The first-order valence-electron chi connectivity index (χ1n) is 15.7. The summed E-state index contributed by atoms with van der Waals surface area (Å²) in [4.78, 5) is 17.4. The van der Waals surface area contributed by atoms with Gasteiger partial charge in [-0.25, -0.2) is 0 Å². The molecule has 1 saturated heterocycles. The van der Waals surface area contributed by atoms with Crippen molar-refractivity contribution in [1.82, 2.24) is 34.9 Å². The maximum absolute atomic E-state index is 13.4. The Bertz CT molecular complexity index is 1870. The van der Waals surface area contributed by atoms with Gasteiger partial charge in [-0.3, -0.25) is 14.4 Å². The number of benzene rings is 4. The number of Topliss-reactive ketones (excluding diaryl/α,β-unsaturated/α-hetero) is 1. The van der Waals surface area contributed by atoms with E-state index in [1.165, 1.54) is 0 Å². The molecule has 2 aromatic heterocycles. The number of hydrogen-bond acceptors (Lipinski definition) is 7. The van der Waals surface area contributed by atoms with Gasteiger partial charge in [0.15, 0.2) is 11.6 Å². The number of piperidine rings is 1. The van der Waals surface area contributed by atoms with E-state index in [-0.39, 0.29) is 5.78 Å². The Morgan fingerprint density at radius 3 is 1.98 bits per heavy atom. The van der Waals surface area contributed by atoms with Crippen LogP contribution < -0.4 is 4.74 Å². The first kappa shape index (κ1) is 30.0. The lowest BCUT2D eigenvalue weighted by Crippen LogP contribution is -2.52. The molecule has 0 saturated carbocycles. The quantitative estimate of drug-likeness (QED) is 0.145. The van der Waals surface area contributed by atoms with Gasteiger partial charge in [-0.1, -0.05) is 103 Å². The van der Waals surface area contributed by atoms with Gasteiger partial charge in [-0.15, -0.1) is 10.2 Å². The summed E-state index contributed by atoms with van der Waals surface area (Å²) in [5, 5.41) is 17.7. The average Bonchev–Trinajstić information content (AvgIpc) is 3.77. The molecule has 0 unspecified atom stereocenters. The van der Waals surface area contributed by atoms with Gasteiger partial charge in [0.05, 0.1) is 24.9 Å². The van der Waals surface area contributed by atoms with Crippen molar-refractivity contribution in [3.8, 4) is 5.75 Å². The van der Waals surface area contributed by atoms with Gasteiger partial charge in [0.2, 0.25) is 0 Å². The van der Waals surface area contributed by atoms with Crippen LogP contribution in [0.1, 0.15) is 40.2 Å². The van der Waals surface area contributed by atoms with Crippen LogP contribution >= 0.6 is 0 Å². The van der Waals surface area contributed by atoms with Crippen LogP contribution in [0.5, 0.6) is 5.75 Å². The van der Waals surface area contributed by atoms with E-state index in [4.69, 9.17) is 9.84 Å². The number of carbonyl (C=O) groups is 1. The third-order valence-electron chi connectivity index (χ3n) is 8.64. The van der Waals surface area contributed by atoms with Crippen molar-refractivity contribution >= 4 is 11.9 Å². The van der Waals surface area contributed by atoms with Crippen LogP contribution in [-0.2, 0) is 23.4 Å². The molecule has 6 aromatic rings. The highest BCUT2D eigenvalue weighted by Crippen LogP contribution is 2.44. The number of carbonyl (C=O) groups excluding carboxylic acids is 1. The van der Waals surface area contributed by atoms with E-state index in [2.05, 4.69) is 93.1 Å². The number of likely N-dealkylation sites (tertiary alicyclic amines) is 1. The molecule has 7 rings (SSSR count). The Labute approximate surface area is 273 Å². The van der Waals surface area contributed by atoms with E-state index in [9.17, 15) is 4.79 Å². The maximum Gasteiger partial charge on any atom is 0.196 e. The summed E-state index contributed by atoms with van der Waals surface area (Å²) in [5.41, 5.74) is 5.37. The van der Waals surface area contributed by atoms with E-state index in [1.54, 1.807) is 16.6 Å². The van der Waals surface area contributed by atoms with Crippen molar-refractivity contribution < 1.29 is 9.53 Å². The molecule has 9 nitrogen and oxygen atoms in total. The molecule has 0 radical (unpaired) electrons. The number of rotatable bonds is 10. The molecule has 0 aliphatic carbocycles. The van der Waals surface area contributed by atoms with Crippen molar-refractivity contribution in [3.63, 3.8) is 0 Å². The Morgan fingerprint density at radius 1 is 0.766 bits per heavy atom. The van der Waals surface area contributed by atoms with E-state index in [0.717, 1.165) is 33.6 Å². The van der Waals surface area contributed by atoms with Crippen LogP contribution in [0.4, 0.5) is 0 Å². The van der Waals surface area contributed by atoms with Crippen molar-refractivity contribution in [2.75, 3.05) is 20.2 Å². The summed E-state index contributed by atoms with van der Waals surface area (Å²) in [6.45, 7) is 1.97. The summed E-state index contributed by atoms with van der Waals surface area (Å²) in [7, 11) is 1.65. The van der Waals surface area contributed by atoms with Gasteiger partial charge < -0.3 is 4.74 Å². The molecule has 1 aliphatic heterocycles. The molecule has 1 fully saturated rings. The molecule has 0 spiro atoms. The van der Waals surface area contributed by atoms with E-state index in [0.29, 0.717) is 44.1 Å². The lowest BCUT2D eigenvalue weighted by atomic mass is 9.74. The normalized spacial score (nSPS) is 14.8. The zero-order valence-electron chi connectivity index (χ0n) is 26.2. The number of ketones is 1. The standard InChI is InChI=1S/C38H35N7O2/c1-47-35-19-17-29(18-20-35)26-45-41-37(39-42-45)28-44-24-21-34(40-44)25-30-27-43(23-22-36(30)46)38(31-11-5-2-6-12-31,32-13-7-3-8-14-32)33-15-9-4-10-16-33/h2-21,24-25H,22-23,26-28H2,1H3. The minimum atomic E-state index is -0.591. The van der Waals surface area contributed by atoms with E-state index in [1.807, 2.05) is 60.8 Å². The second-order valence-electron chi connectivity index (χ2n) is 11.6. The smallest absolute Gasteiger partial charge is 0.196 e. The predicted molar refractivity (Wildman–Crippen MR) is 180 cm³/mol. The zero-order valence-corrected chi connectivity index (χ0v) is 26.2. The minimum Gasteiger partial charge on any atom is -0.497 e. The second kappa shape index (κ2) is 13.4. The molecule has 0 bridgehead atoms. The van der Waals surface area contributed by atoms with Crippen molar-refractivity contribution in [2.45, 2.75) is 25.0 Å². The van der Waals surface area contributed by atoms with Crippen molar-refractivity contribution in [3.05, 3.63) is 167 Å². The lowest BCUT2D eigenvalue weighted by molar-refractivity contribution is -0.117. The molecular weight excluding hydrogens is 586 g/mol. The third-order valence-corrected chi connectivity index (χ3v) is 8.64. The molecule has 9 heteroatoms. The number of nitrogens with zero attached hydrogens (tertiary/aromatic N) is 7. The predicted octanol–water partition coefficient (Wildman–Crippen LogP) is 5.63. The monoisotopic (exact) mass is 621 g/mol. The molecule has 234 valence electrons. The van der Waals surface area contributed by atoms with Crippen molar-refractivity contribution in [1.29, 1.82) is 0 Å². The maximum atomic E-state index is 13.4. The number of aromatic nitrogens is 6. The van der Waals surface area contributed by atoms with Gasteiger partial charge in [-0.2, -0.15) is 9.90 Å². The first-order valence-corrected chi connectivity index (χ1v) is 15.7. The van der Waals surface area contributed by atoms with Crippen LogP contribution in [-0.4, -0.2) is 60.9 Å². The second-order valence-corrected chi connectivity index (χ2v) is 11.6. The van der Waals surface area contributed by atoms with Crippen LogP contribution in [0.25, 0.3) is 6.08 Å². The van der Waals surface area contributed by atoms with Gasteiger partial charge in [-0.05, 0) is 51.7 Å². The largest absolute Gasteiger partial charge is 0.497 e. The van der Waals surface area contributed by atoms with E-state index < -0.39 is 5.54 Å². The Morgan fingerprint density at radius 2 is 1.38 bits per heavy atom. The fraction of sp³-hybridized carbons (Fsp3) is 0.184. The summed E-state index contributed by atoms with van der Waals surface area (Å²) in [5.74, 6) is 1.50. The first-order chi connectivity index (χ1) is 23.1. The Kier molecular flexibility index (Phi) is 8.53. The van der Waals surface area contributed by atoms with Crippen molar-refractivity contribution in [2.24, 2.45) is 0 Å². The molecule has 1 aliphatic rings. The molecule has 3 heterocycles. The Hall–Kier alpha value is -5.67. The zero-order chi connectivity index (χ0) is 32.1. The van der Waals surface area contributed by atoms with Gasteiger partial charge >= 0.3 is 0 Å². The third kappa shape index (κ3) is 6.25. The van der Waals surface area contributed by atoms with Gasteiger partial charge in [0.25, 0.3) is 0 Å². The summed E-state index contributed by atoms with van der Waals surface area (Å²) in [6, 6.07) is 41.4. The lowest BCUT2D eigenvalue weighted by Gasteiger charge is -2.47. The molecule has 0 amide bonds. The highest BCUT2D eigenvalue weighted by molar-refractivity contribution is 6.00. The number of hydrogen-bond donors (Lipinski definition) is 0. The number of tetrazole rings is 1. The molecule has 0 atom stereocenters. The summed E-state index contributed by atoms with van der Waals surface area (Å²) in [6.07, 6.45) is 4.22. The highest BCUT2D eigenvalue weighted by atomic mass is 16.5. The minimum absolute atomic E-state index is 0.141. The fourth-order valence-corrected chi connectivity index (χ4v) is 6.43. The average molecular weight is 622 g/mol. The van der Waals surface area contributed by atoms with E-state index >= 15 is 0 Å². The van der Waals surface area contributed by atoms with Crippen LogP contribution in [0.2, 0.25) is 0 Å². The molecule has 47 heavy (non-hydrogen) atoms. The fourth-order valence-electron chi connectivity index (χ4n) is 6.43.